The van der Waals surface area contributed by atoms with Crippen molar-refractivity contribution in [3.8, 4) is 0 Å². The van der Waals surface area contributed by atoms with Gasteiger partial charge in [-0.15, -0.1) is 11.3 Å². The zero-order chi connectivity index (χ0) is 7.19. The Labute approximate surface area is 72.4 Å². The molecule has 0 unspecified atom stereocenters. The van der Waals surface area contributed by atoms with Crippen LogP contribution in [-0.4, -0.2) is 0 Å². The van der Waals surface area contributed by atoms with Crippen molar-refractivity contribution < 1.29 is 0 Å². The molecule has 1 saturated carbocycles. The van der Waals surface area contributed by atoms with E-state index in [1.54, 1.807) is 11.3 Å². The molecule has 1 aromatic heterocycles. The van der Waals surface area contributed by atoms with E-state index in [0.29, 0.717) is 0 Å². The molecule has 1 aliphatic carbocycles. The first-order valence-corrected chi connectivity index (χ1v) is 4.92. The maximum absolute atomic E-state index is 5.99. The standard InChI is InChI=1S/C7H8BrNS/c8-6-5(1-4-10-6)7(9)2-3-7/h1,4H,2-3,9H2. The second-order valence-electron chi connectivity index (χ2n) is 2.76. The van der Waals surface area contributed by atoms with Crippen LogP contribution in [0.4, 0.5) is 0 Å². The largest absolute Gasteiger partial charge is 0.321 e. The Bertz CT molecular complexity index is 252. The molecule has 54 valence electrons. The lowest BCUT2D eigenvalue weighted by Gasteiger charge is -2.05. The van der Waals surface area contributed by atoms with E-state index in [0.717, 1.165) is 12.8 Å². The molecule has 0 saturated heterocycles. The first-order chi connectivity index (χ1) is 4.72. The summed E-state index contributed by atoms with van der Waals surface area (Å²) >= 11 is 5.19. The van der Waals surface area contributed by atoms with Gasteiger partial charge in [-0.3, -0.25) is 0 Å². The molecule has 0 radical (unpaired) electrons. The number of hydrogen-bond donors (Lipinski definition) is 1. The highest BCUT2D eigenvalue weighted by Gasteiger charge is 2.41. The summed E-state index contributed by atoms with van der Waals surface area (Å²) in [6, 6.07) is 2.11. The minimum absolute atomic E-state index is 0.0266. The summed E-state index contributed by atoms with van der Waals surface area (Å²) < 4.78 is 1.20. The van der Waals surface area contributed by atoms with Gasteiger partial charge in [-0.05, 0) is 45.8 Å². The van der Waals surface area contributed by atoms with E-state index in [2.05, 4.69) is 27.4 Å². The van der Waals surface area contributed by atoms with Crippen LogP contribution in [0.3, 0.4) is 0 Å². The second kappa shape index (κ2) is 2.06. The van der Waals surface area contributed by atoms with Gasteiger partial charge in [0.15, 0.2) is 0 Å². The van der Waals surface area contributed by atoms with E-state index in [1.807, 2.05) is 0 Å². The molecule has 10 heavy (non-hydrogen) atoms. The van der Waals surface area contributed by atoms with Crippen molar-refractivity contribution in [2.24, 2.45) is 5.73 Å². The van der Waals surface area contributed by atoms with Crippen LogP contribution >= 0.6 is 27.3 Å². The Morgan fingerprint density at radius 2 is 2.30 bits per heavy atom. The summed E-state index contributed by atoms with van der Waals surface area (Å²) in [4.78, 5) is 0. The normalized spacial score (nSPS) is 21.0. The van der Waals surface area contributed by atoms with Crippen molar-refractivity contribution in [1.82, 2.24) is 0 Å². The number of thiophene rings is 1. The maximum atomic E-state index is 5.99. The van der Waals surface area contributed by atoms with Crippen LogP contribution in [0.15, 0.2) is 15.2 Å². The molecular formula is C7H8BrNS. The van der Waals surface area contributed by atoms with Crippen molar-refractivity contribution in [2.45, 2.75) is 18.4 Å². The molecule has 1 nitrogen and oxygen atoms in total. The van der Waals surface area contributed by atoms with Crippen LogP contribution in [0.25, 0.3) is 0 Å². The van der Waals surface area contributed by atoms with E-state index < -0.39 is 0 Å². The molecule has 0 aliphatic heterocycles. The topological polar surface area (TPSA) is 26.0 Å². The fourth-order valence-electron chi connectivity index (χ4n) is 1.06. The number of nitrogens with two attached hydrogens (primary N) is 1. The lowest BCUT2D eigenvalue weighted by atomic mass is 10.1. The zero-order valence-electron chi connectivity index (χ0n) is 5.43. The molecule has 1 heterocycles. The van der Waals surface area contributed by atoms with Crippen LogP contribution in [0.5, 0.6) is 0 Å². The summed E-state index contributed by atoms with van der Waals surface area (Å²) in [6.07, 6.45) is 2.28. The average molecular weight is 218 g/mol. The number of hydrogen-bond acceptors (Lipinski definition) is 2. The Balaban J connectivity index is 2.42. The van der Waals surface area contributed by atoms with Gasteiger partial charge in [0.1, 0.15) is 0 Å². The quantitative estimate of drug-likeness (QED) is 0.769. The average Bonchev–Trinajstić information content (AvgIpc) is 2.44. The number of rotatable bonds is 1. The van der Waals surface area contributed by atoms with E-state index >= 15 is 0 Å². The molecule has 0 atom stereocenters. The van der Waals surface area contributed by atoms with Gasteiger partial charge in [-0.2, -0.15) is 0 Å². The predicted molar refractivity (Wildman–Crippen MR) is 47.1 cm³/mol. The van der Waals surface area contributed by atoms with Gasteiger partial charge in [0.2, 0.25) is 0 Å². The molecule has 1 aliphatic rings. The molecule has 3 heteroatoms. The predicted octanol–water partition coefficient (Wildman–Crippen LogP) is 2.46. The molecule has 0 amide bonds. The van der Waals surface area contributed by atoms with Crippen molar-refractivity contribution in [3.63, 3.8) is 0 Å². The fourth-order valence-corrected chi connectivity index (χ4v) is 2.63. The Morgan fingerprint density at radius 3 is 2.70 bits per heavy atom. The van der Waals surface area contributed by atoms with E-state index in [9.17, 15) is 0 Å². The Hall–Kier alpha value is 0.140. The highest BCUT2D eigenvalue weighted by Crippen LogP contribution is 2.46. The molecule has 1 fully saturated rings. The van der Waals surface area contributed by atoms with Gasteiger partial charge in [0.05, 0.1) is 3.79 Å². The van der Waals surface area contributed by atoms with Gasteiger partial charge < -0.3 is 5.73 Å². The first-order valence-electron chi connectivity index (χ1n) is 3.25. The third-order valence-corrected chi connectivity index (χ3v) is 3.63. The molecule has 2 rings (SSSR count). The van der Waals surface area contributed by atoms with Gasteiger partial charge in [0.25, 0.3) is 0 Å². The minimum Gasteiger partial charge on any atom is -0.321 e. The lowest BCUT2D eigenvalue weighted by molar-refractivity contribution is 0.740. The summed E-state index contributed by atoms with van der Waals surface area (Å²) in [5.74, 6) is 0. The SMILES string of the molecule is NC1(c2ccsc2Br)CC1. The first kappa shape index (κ1) is 6.83. The fraction of sp³-hybridized carbons (Fsp3) is 0.429. The highest BCUT2D eigenvalue weighted by molar-refractivity contribution is 9.11. The number of halogens is 1. The van der Waals surface area contributed by atoms with E-state index in [-0.39, 0.29) is 5.54 Å². The van der Waals surface area contributed by atoms with Crippen molar-refractivity contribution in [1.29, 1.82) is 0 Å². The van der Waals surface area contributed by atoms with Crippen LogP contribution in [0, 0.1) is 0 Å². The maximum Gasteiger partial charge on any atom is 0.0748 e. The minimum atomic E-state index is 0.0266. The molecule has 0 spiro atoms. The van der Waals surface area contributed by atoms with Crippen molar-refractivity contribution in [2.75, 3.05) is 0 Å². The van der Waals surface area contributed by atoms with Crippen LogP contribution in [0.1, 0.15) is 18.4 Å². The van der Waals surface area contributed by atoms with Gasteiger partial charge >= 0.3 is 0 Å². The van der Waals surface area contributed by atoms with E-state index in [4.69, 9.17) is 5.73 Å². The molecule has 0 bridgehead atoms. The van der Waals surface area contributed by atoms with E-state index in [1.165, 1.54) is 9.35 Å². The zero-order valence-corrected chi connectivity index (χ0v) is 7.83. The van der Waals surface area contributed by atoms with Crippen LogP contribution in [0.2, 0.25) is 0 Å². The second-order valence-corrected chi connectivity index (χ2v) is 5.00. The Morgan fingerprint density at radius 1 is 1.60 bits per heavy atom. The highest BCUT2D eigenvalue weighted by atomic mass is 79.9. The third-order valence-electron chi connectivity index (χ3n) is 1.94. The molecule has 0 aromatic carbocycles. The van der Waals surface area contributed by atoms with Gasteiger partial charge in [-0.25, -0.2) is 0 Å². The monoisotopic (exact) mass is 217 g/mol. The molecular weight excluding hydrogens is 210 g/mol. The van der Waals surface area contributed by atoms with Crippen molar-refractivity contribution in [3.05, 3.63) is 20.8 Å². The third kappa shape index (κ3) is 0.929. The summed E-state index contributed by atoms with van der Waals surface area (Å²) in [5, 5.41) is 2.08. The summed E-state index contributed by atoms with van der Waals surface area (Å²) in [6.45, 7) is 0. The Kier molecular flexibility index (Phi) is 1.41. The van der Waals surface area contributed by atoms with Crippen molar-refractivity contribution >= 4 is 27.3 Å². The summed E-state index contributed by atoms with van der Waals surface area (Å²) in [7, 11) is 0. The lowest BCUT2D eigenvalue weighted by Crippen LogP contribution is -2.17. The van der Waals surface area contributed by atoms with Gasteiger partial charge in [-0.1, -0.05) is 0 Å². The summed E-state index contributed by atoms with van der Waals surface area (Å²) in [5.41, 5.74) is 7.31. The smallest absolute Gasteiger partial charge is 0.0748 e. The van der Waals surface area contributed by atoms with Gasteiger partial charge in [0, 0.05) is 5.54 Å². The van der Waals surface area contributed by atoms with Crippen LogP contribution < -0.4 is 5.73 Å². The molecule has 2 N–H and O–H groups in total. The van der Waals surface area contributed by atoms with Crippen LogP contribution in [-0.2, 0) is 5.54 Å². The molecule has 1 aromatic rings.